The molecule has 0 bridgehead atoms. The van der Waals surface area contributed by atoms with E-state index in [4.69, 9.17) is 0 Å². The molecule has 18 heavy (non-hydrogen) atoms. The fourth-order valence-electron chi connectivity index (χ4n) is 2.35. The van der Waals surface area contributed by atoms with E-state index < -0.39 is 0 Å². The van der Waals surface area contributed by atoms with Crippen LogP contribution in [0, 0.1) is 6.92 Å². The molecule has 0 aliphatic heterocycles. The number of pyridine rings is 1. The first-order valence-corrected chi connectivity index (χ1v) is 6.10. The molecule has 1 aliphatic carbocycles. The van der Waals surface area contributed by atoms with Crippen LogP contribution in [-0.4, -0.2) is 32.0 Å². The molecular weight excluding hydrogens is 228 g/mol. The fourth-order valence-corrected chi connectivity index (χ4v) is 2.35. The monoisotopic (exact) mass is 244 g/mol. The van der Waals surface area contributed by atoms with E-state index in [1.54, 1.807) is 6.20 Å². The van der Waals surface area contributed by atoms with Crippen molar-refractivity contribution in [2.75, 3.05) is 5.32 Å². The van der Waals surface area contributed by atoms with Gasteiger partial charge in [0.15, 0.2) is 0 Å². The average molecular weight is 244 g/mol. The number of nitrogens with one attached hydrogen (secondary N) is 1. The number of anilines is 1. The summed E-state index contributed by atoms with van der Waals surface area (Å²) in [5.41, 5.74) is 1.10. The van der Waals surface area contributed by atoms with Gasteiger partial charge in [0.1, 0.15) is 5.82 Å². The maximum Gasteiger partial charge on any atom is 0.126 e. The predicted molar refractivity (Wildman–Crippen MR) is 68.3 cm³/mol. The number of aliphatic hydroxyl groups excluding tert-OH is 1. The minimum absolute atomic E-state index is 0.0132. The SMILES string of the molecule is Cc1cnn([C@H]2[C@H](O)C[C@@H]2Nc2ccccn2)c1. The van der Waals surface area contributed by atoms with E-state index in [9.17, 15) is 5.11 Å². The molecule has 2 N–H and O–H groups in total. The number of aromatic nitrogens is 3. The zero-order valence-corrected chi connectivity index (χ0v) is 10.2. The van der Waals surface area contributed by atoms with Gasteiger partial charge in [-0.05, 0) is 31.0 Å². The lowest BCUT2D eigenvalue weighted by Gasteiger charge is -2.42. The molecule has 0 unspecified atom stereocenters. The molecule has 2 aromatic rings. The van der Waals surface area contributed by atoms with Crippen LogP contribution in [0.15, 0.2) is 36.8 Å². The smallest absolute Gasteiger partial charge is 0.126 e. The molecule has 0 aromatic carbocycles. The van der Waals surface area contributed by atoms with Crippen molar-refractivity contribution in [1.82, 2.24) is 14.8 Å². The van der Waals surface area contributed by atoms with Crippen LogP contribution in [0.2, 0.25) is 0 Å². The Balaban J connectivity index is 1.74. The van der Waals surface area contributed by atoms with Crippen LogP contribution in [0.4, 0.5) is 5.82 Å². The number of aryl methyl sites for hydroxylation is 1. The Morgan fingerprint density at radius 1 is 1.44 bits per heavy atom. The third-order valence-electron chi connectivity index (χ3n) is 3.34. The van der Waals surface area contributed by atoms with Gasteiger partial charge < -0.3 is 10.4 Å². The maximum absolute atomic E-state index is 9.90. The normalized spacial score (nSPS) is 26.7. The third kappa shape index (κ3) is 1.97. The van der Waals surface area contributed by atoms with Crippen molar-refractivity contribution in [2.45, 2.75) is 31.5 Å². The van der Waals surface area contributed by atoms with Crippen LogP contribution < -0.4 is 5.32 Å². The lowest BCUT2D eigenvalue weighted by molar-refractivity contribution is 0.0133. The number of rotatable bonds is 3. The molecule has 2 aromatic heterocycles. The number of aliphatic hydroxyl groups is 1. The average Bonchev–Trinajstić information content (AvgIpc) is 2.75. The van der Waals surface area contributed by atoms with Gasteiger partial charge in [0.2, 0.25) is 0 Å². The van der Waals surface area contributed by atoms with Gasteiger partial charge in [-0.1, -0.05) is 6.07 Å². The summed E-state index contributed by atoms with van der Waals surface area (Å²) >= 11 is 0. The summed E-state index contributed by atoms with van der Waals surface area (Å²) in [6, 6.07) is 5.91. The molecule has 5 heteroatoms. The largest absolute Gasteiger partial charge is 0.391 e. The van der Waals surface area contributed by atoms with Crippen LogP contribution in [-0.2, 0) is 0 Å². The molecule has 0 saturated heterocycles. The summed E-state index contributed by atoms with van der Waals surface area (Å²) in [6.07, 6.45) is 5.90. The van der Waals surface area contributed by atoms with E-state index in [-0.39, 0.29) is 18.2 Å². The van der Waals surface area contributed by atoms with E-state index in [2.05, 4.69) is 15.4 Å². The van der Waals surface area contributed by atoms with Crippen LogP contribution in [0.25, 0.3) is 0 Å². The summed E-state index contributed by atoms with van der Waals surface area (Å²) in [6.45, 7) is 2.00. The molecule has 5 nitrogen and oxygen atoms in total. The summed E-state index contributed by atoms with van der Waals surface area (Å²) in [4.78, 5) is 4.24. The summed E-state index contributed by atoms with van der Waals surface area (Å²) in [5, 5.41) is 17.5. The Morgan fingerprint density at radius 3 is 2.94 bits per heavy atom. The fraction of sp³-hybridized carbons (Fsp3) is 0.385. The maximum atomic E-state index is 9.90. The molecule has 0 radical (unpaired) electrons. The molecule has 94 valence electrons. The second-order valence-electron chi connectivity index (χ2n) is 4.76. The minimum atomic E-state index is -0.342. The van der Waals surface area contributed by atoms with E-state index in [1.165, 1.54) is 0 Å². The molecule has 3 atom stereocenters. The highest BCUT2D eigenvalue weighted by Gasteiger charge is 2.42. The van der Waals surface area contributed by atoms with Crippen molar-refractivity contribution in [1.29, 1.82) is 0 Å². The molecule has 1 fully saturated rings. The van der Waals surface area contributed by atoms with Crippen LogP contribution in [0.5, 0.6) is 0 Å². The van der Waals surface area contributed by atoms with Crippen LogP contribution >= 0.6 is 0 Å². The van der Waals surface area contributed by atoms with E-state index in [0.29, 0.717) is 0 Å². The van der Waals surface area contributed by atoms with Crippen molar-refractivity contribution >= 4 is 5.82 Å². The van der Waals surface area contributed by atoms with Gasteiger partial charge in [-0.15, -0.1) is 0 Å². The van der Waals surface area contributed by atoms with Gasteiger partial charge in [-0.3, -0.25) is 4.68 Å². The number of hydrogen-bond donors (Lipinski definition) is 2. The zero-order chi connectivity index (χ0) is 12.5. The standard InChI is InChI=1S/C13H16N4O/c1-9-7-15-17(8-9)13-10(6-11(13)18)16-12-4-2-3-5-14-12/h2-5,7-8,10-11,13,18H,6H2,1H3,(H,14,16)/t10-,11+,13+/m0/s1. The second kappa shape index (κ2) is 4.42. The van der Waals surface area contributed by atoms with Gasteiger partial charge in [-0.2, -0.15) is 5.10 Å². The van der Waals surface area contributed by atoms with Gasteiger partial charge in [0.05, 0.1) is 24.4 Å². The minimum Gasteiger partial charge on any atom is -0.391 e. The van der Waals surface area contributed by atoms with E-state index >= 15 is 0 Å². The van der Waals surface area contributed by atoms with E-state index in [1.807, 2.05) is 42.2 Å². The zero-order valence-electron chi connectivity index (χ0n) is 10.2. The predicted octanol–water partition coefficient (Wildman–Crippen LogP) is 1.37. The van der Waals surface area contributed by atoms with Gasteiger partial charge >= 0.3 is 0 Å². The Hall–Kier alpha value is -1.88. The van der Waals surface area contributed by atoms with Crippen molar-refractivity contribution in [3.8, 4) is 0 Å². The first-order chi connectivity index (χ1) is 8.74. The quantitative estimate of drug-likeness (QED) is 0.856. The van der Waals surface area contributed by atoms with Gasteiger partial charge in [0.25, 0.3) is 0 Å². The summed E-state index contributed by atoms with van der Waals surface area (Å²) in [7, 11) is 0. The van der Waals surface area contributed by atoms with Crippen molar-refractivity contribution in [2.24, 2.45) is 0 Å². The van der Waals surface area contributed by atoms with Crippen LogP contribution in [0.3, 0.4) is 0 Å². The number of nitrogens with zero attached hydrogens (tertiary/aromatic N) is 3. The second-order valence-corrected chi connectivity index (χ2v) is 4.76. The molecule has 1 aliphatic rings. The highest BCUT2D eigenvalue weighted by atomic mass is 16.3. The summed E-state index contributed by atoms with van der Waals surface area (Å²) in [5.74, 6) is 0.836. The molecular formula is C13H16N4O. The Kier molecular flexibility index (Phi) is 2.76. The Bertz CT molecular complexity index is 525. The lowest BCUT2D eigenvalue weighted by Crippen LogP contribution is -2.51. The third-order valence-corrected chi connectivity index (χ3v) is 3.34. The highest BCUT2D eigenvalue weighted by molar-refractivity contribution is 5.36. The van der Waals surface area contributed by atoms with Gasteiger partial charge in [0, 0.05) is 12.4 Å². The Morgan fingerprint density at radius 2 is 2.33 bits per heavy atom. The van der Waals surface area contributed by atoms with Crippen molar-refractivity contribution in [3.63, 3.8) is 0 Å². The molecule has 0 amide bonds. The molecule has 2 heterocycles. The molecule has 3 rings (SSSR count). The lowest BCUT2D eigenvalue weighted by atomic mass is 9.83. The molecule has 0 spiro atoms. The first-order valence-electron chi connectivity index (χ1n) is 6.10. The summed E-state index contributed by atoms with van der Waals surface area (Å²) < 4.78 is 1.84. The van der Waals surface area contributed by atoms with Crippen molar-refractivity contribution < 1.29 is 5.11 Å². The number of hydrogen-bond acceptors (Lipinski definition) is 4. The first kappa shape index (κ1) is 11.2. The van der Waals surface area contributed by atoms with Gasteiger partial charge in [-0.25, -0.2) is 4.98 Å². The topological polar surface area (TPSA) is 63.0 Å². The van der Waals surface area contributed by atoms with E-state index in [0.717, 1.165) is 17.8 Å². The van der Waals surface area contributed by atoms with Crippen molar-refractivity contribution in [3.05, 3.63) is 42.4 Å². The van der Waals surface area contributed by atoms with Crippen LogP contribution in [0.1, 0.15) is 18.0 Å². The Labute approximate surface area is 105 Å². The molecule has 1 saturated carbocycles. The highest BCUT2D eigenvalue weighted by Crippen LogP contribution is 2.34.